The SMILES string of the molecule is CN=C(NCCCOCC(C)C)N(C)CCc1cccs1.I. The molecule has 0 aliphatic rings. The van der Waals surface area contributed by atoms with Crippen LogP contribution < -0.4 is 5.32 Å². The molecule has 0 aliphatic heterocycles. The van der Waals surface area contributed by atoms with Gasteiger partial charge in [-0.25, -0.2) is 0 Å². The van der Waals surface area contributed by atoms with E-state index in [0.717, 1.165) is 45.1 Å². The van der Waals surface area contributed by atoms with Crippen molar-refractivity contribution < 1.29 is 4.74 Å². The second-order valence-electron chi connectivity index (χ2n) is 5.55. The Balaban J connectivity index is 0.00000441. The third-order valence-electron chi connectivity index (χ3n) is 3.05. The quantitative estimate of drug-likeness (QED) is 0.277. The van der Waals surface area contributed by atoms with Gasteiger partial charge in [0.1, 0.15) is 0 Å². The van der Waals surface area contributed by atoms with Gasteiger partial charge in [-0.3, -0.25) is 4.99 Å². The lowest BCUT2D eigenvalue weighted by atomic mass is 10.2. The van der Waals surface area contributed by atoms with Crippen molar-refractivity contribution in [2.75, 3.05) is 40.4 Å². The minimum atomic E-state index is 0. The fraction of sp³-hybridized carbons (Fsp3) is 0.688. The van der Waals surface area contributed by atoms with Gasteiger partial charge in [0.15, 0.2) is 5.96 Å². The van der Waals surface area contributed by atoms with Crippen molar-refractivity contribution in [3.05, 3.63) is 22.4 Å². The van der Waals surface area contributed by atoms with E-state index in [1.807, 2.05) is 18.4 Å². The van der Waals surface area contributed by atoms with E-state index in [4.69, 9.17) is 4.74 Å². The number of rotatable bonds is 9. The molecule has 1 heterocycles. The Labute approximate surface area is 156 Å². The van der Waals surface area contributed by atoms with Crippen LogP contribution in [0.4, 0.5) is 0 Å². The summed E-state index contributed by atoms with van der Waals surface area (Å²) in [6.07, 6.45) is 2.07. The van der Waals surface area contributed by atoms with Gasteiger partial charge in [0, 0.05) is 45.3 Å². The number of hydrogen-bond acceptors (Lipinski definition) is 3. The number of nitrogens with one attached hydrogen (secondary N) is 1. The summed E-state index contributed by atoms with van der Waals surface area (Å²) < 4.78 is 5.58. The Morgan fingerprint density at radius 1 is 1.45 bits per heavy atom. The molecule has 128 valence electrons. The summed E-state index contributed by atoms with van der Waals surface area (Å²) in [6.45, 7) is 7.86. The number of likely N-dealkylation sites (N-methyl/N-ethyl adjacent to an activating group) is 1. The van der Waals surface area contributed by atoms with E-state index in [1.165, 1.54) is 4.88 Å². The topological polar surface area (TPSA) is 36.9 Å². The van der Waals surface area contributed by atoms with Crippen molar-refractivity contribution in [1.82, 2.24) is 10.2 Å². The molecule has 0 unspecified atom stereocenters. The van der Waals surface area contributed by atoms with Crippen LogP contribution in [-0.2, 0) is 11.2 Å². The minimum Gasteiger partial charge on any atom is -0.381 e. The highest BCUT2D eigenvalue weighted by atomic mass is 127. The van der Waals surface area contributed by atoms with Gasteiger partial charge in [-0.15, -0.1) is 35.3 Å². The summed E-state index contributed by atoms with van der Waals surface area (Å²) >= 11 is 1.81. The Morgan fingerprint density at radius 2 is 2.23 bits per heavy atom. The predicted molar refractivity (Wildman–Crippen MR) is 108 cm³/mol. The first-order chi connectivity index (χ1) is 10.1. The Bertz CT molecular complexity index is 396. The highest BCUT2D eigenvalue weighted by Crippen LogP contribution is 2.09. The van der Waals surface area contributed by atoms with E-state index < -0.39 is 0 Å². The maximum atomic E-state index is 5.58. The van der Waals surface area contributed by atoms with Crippen molar-refractivity contribution in [2.45, 2.75) is 26.7 Å². The molecule has 0 bridgehead atoms. The molecule has 1 aromatic rings. The lowest BCUT2D eigenvalue weighted by Crippen LogP contribution is -2.40. The zero-order chi connectivity index (χ0) is 15.5. The average Bonchev–Trinajstić information content (AvgIpc) is 2.97. The van der Waals surface area contributed by atoms with Crippen LogP contribution in [0.3, 0.4) is 0 Å². The van der Waals surface area contributed by atoms with Crippen molar-refractivity contribution in [2.24, 2.45) is 10.9 Å². The Hall–Kier alpha value is -0.340. The first kappa shape index (κ1) is 21.7. The van der Waals surface area contributed by atoms with Crippen LogP contribution in [0.15, 0.2) is 22.5 Å². The zero-order valence-corrected chi connectivity index (χ0v) is 17.3. The fourth-order valence-corrected chi connectivity index (χ4v) is 2.62. The van der Waals surface area contributed by atoms with Crippen LogP contribution in [0.2, 0.25) is 0 Å². The van der Waals surface area contributed by atoms with E-state index in [-0.39, 0.29) is 24.0 Å². The van der Waals surface area contributed by atoms with Gasteiger partial charge in [-0.2, -0.15) is 0 Å². The predicted octanol–water partition coefficient (Wildman–Crippen LogP) is 3.48. The molecule has 1 aromatic heterocycles. The largest absolute Gasteiger partial charge is 0.381 e. The maximum absolute atomic E-state index is 5.58. The van der Waals surface area contributed by atoms with Gasteiger partial charge in [0.2, 0.25) is 0 Å². The average molecular weight is 439 g/mol. The highest BCUT2D eigenvalue weighted by Gasteiger charge is 2.05. The van der Waals surface area contributed by atoms with Crippen LogP contribution in [-0.4, -0.2) is 51.3 Å². The van der Waals surface area contributed by atoms with E-state index in [2.05, 4.69) is 53.6 Å². The van der Waals surface area contributed by atoms with E-state index in [0.29, 0.717) is 5.92 Å². The van der Waals surface area contributed by atoms with Crippen molar-refractivity contribution in [3.63, 3.8) is 0 Å². The Kier molecular flexibility index (Phi) is 12.9. The summed E-state index contributed by atoms with van der Waals surface area (Å²) in [7, 11) is 3.91. The van der Waals surface area contributed by atoms with Gasteiger partial charge >= 0.3 is 0 Å². The summed E-state index contributed by atoms with van der Waals surface area (Å²) in [5.41, 5.74) is 0. The number of halogens is 1. The van der Waals surface area contributed by atoms with E-state index >= 15 is 0 Å². The molecule has 4 nitrogen and oxygen atoms in total. The van der Waals surface area contributed by atoms with Gasteiger partial charge in [0.25, 0.3) is 0 Å². The molecule has 6 heteroatoms. The molecule has 1 rings (SSSR count). The number of guanidine groups is 1. The van der Waals surface area contributed by atoms with Crippen molar-refractivity contribution >= 4 is 41.3 Å². The molecular weight excluding hydrogens is 409 g/mol. The van der Waals surface area contributed by atoms with Crippen molar-refractivity contribution in [3.8, 4) is 0 Å². The molecule has 0 aliphatic carbocycles. The monoisotopic (exact) mass is 439 g/mol. The molecule has 0 saturated heterocycles. The van der Waals surface area contributed by atoms with E-state index in [1.54, 1.807) is 0 Å². The fourth-order valence-electron chi connectivity index (χ4n) is 1.92. The maximum Gasteiger partial charge on any atom is 0.193 e. The standard InChI is InChI=1S/C16H29N3OS.HI/c1-14(2)13-20-11-6-9-18-16(17-3)19(4)10-8-15-7-5-12-21-15;/h5,7,12,14H,6,8-11,13H2,1-4H3,(H,17,18);1H. The number of hydrogen-bond donors (Lipinski definition) is 1. The van der Waals surface area contributed by atoms with Crippen LogP contribution >= 0.6 is 35.3 Å². The smallest absolute Gasteiger partial charge is 0.193 e. The zero-order valence-electron chi connectivity index (χ0n) is 14.2. The molecule has 0 spiro atoms. The van der Waals surface area contributed by atoms with Gasteiger partial charge in [-0.05, 0) is 30.2 Å². The van der Waals surface area contributed by atoms with Crippen LogP contribution in [0, 0.1) is 5.92 Å². The van der Waals surface area contributed by atoms with Gasteiger partial charge < -0.3 is 15.0 Å². The van der Waals surface area contributed by atoms with E-state index in [9.17, 15) is 0 Å². The molecule has 0 amide bonds. The molecular formula is C16H30IN3OS. The van der Waals surface area contributed by atoms with Gasteiger partial charge in [-0.1, -0.05) is 19.9 Å². The normalized spacial score (nSPS) is 11.4. The molecule has 0 radical (unpaired) electrons. The molecule has 0 saturated carbocycles. The van der Waals surface area contributed by atoms with Crippen LogP contribution in [0.1, 0.15) is 25.1 Å². The lowest BCUT2D eigenvalue weighted by Gasteiger charge is -2.21. The molecule has 22 heavy (non-hydrogen) atoms. The number of nitrogens with zero attached hydrogens (tertiary/aromatic N) is 2. The summed E-state index contributed by atoms with van der Waals surface area (Å²) in [5, 5.41) is 5.51. The third kappa shape index (κ3) is 9.63. The first-order valence-corrected chi connectivity index (χ1v) is 8.53. The van der Waals surface area contributed by atoms with Gasteiger partial charge in [0.05, 0.1) is 0 Å². The third-order valence-corrected chi connectivity index (χ3v) is 3.98. The van der Waals surface area contributed by atoms with Crippen LogP contribution in [0.25, 0.3) is 0 Å². The number of aliphatic imine (C=N–C) groups is 1. The molecule has 0 atom stereocenters. The summed E-state index contributed by atoms with van der Waals surface area (Å²) in [5.74, 6) is 1.56. The second kappa shape index (κ2) is 13.1. The second-order valence-corrected chi connectivity index (χ2v) is 6.58. The van der Waals surface area contributed by atoms with Crippen molar-refractivity contribution in [1.29, 1.82) is 0 Å². The summed E-state index contributed by atoms with van der Waals surface area (Å²) in [4.78, 5) is 7.92. The molecule has 0 fully saturated rings. The highest BCUT2D eigenvalue weighted by molar-refractivity contribution is 14.0. The minimum absolute atomic E-state index is 0. The molecule has 1 N–H and O–H groups in total. The molecule has 0 aromatic carbocycles. The number of thiophene rings is 1. The Morgan fingerprint density at radius 3 is 2.82 bits per heavy atom. The summed E-state index contributed by atoms with van der Waals surface area (Å²) in [6, 6.07) is 4.28. The number of ether oxygens (including phenoxy) is 1. The lowest BCUT2D eigenvalue weighted by molar-refractivity contribution is 0.108. The van der Waals surface area contributed by atoms with Crippen LogP contribution in [0.5, 0.6) is 0 Å². The first-order valence-electron chi connectivity index (χ1n) is 7.65.